The molecule has 0 bridgehead atoms. The lowest BCUT2D eigenvalue weighted by molar-refractivity contribution is -0.124. The standard InChI is InChI=1S/C14H18FN3O2/c15-9-1-4-12(11(16)7-9)18-5-6-20-8-13(18)14(19)17-10-2-3-10/h1,4,7,10,13H,2-3,5-6,8,16H2,(H,17,19). The van der Waals surface area contributed by atoms with Crippen LogP contribution in [-0.4, -0.2) is 37.7 Å². The Hall–Kier alpha value is -1.82. The third kappa shape index (κ3) is 2.70. The lowest BCUT2D eigenvalue weighted by Crippen LogP contribution is -2.54. The number of hydrogen-bond acceptors (Lipinski definition) is 4. The number of rotatable bonds is 3. The fourth-order valence-electron chi connectivity index (χ4n) is 2.42. The maximum atomic E-state index is 13.1. The van der Waals surface area contributed by atoms with Gasteiger partial charge in [0.05, 0.1) is 24.6 Å². The predicted octanol–water partition coefficient (Wildman–Crippen LogP) is 0.892. The van der Waals surface area contributed by atoms with E-state index < -0.39 is 6.04 Å². The molecular formula is C14H18FN3O2. The van der Waals surface area contributed by atoms with E-state index in [1.165, 1.54) is 12.1 Å². The zero-order valence-corrected chi connectivity index (χ0v) is 11.1. The molecule has 1 unspecified atom stereocenters. The van der Waals surface area contributed by atoms with Crippen LogP contribution in [0.15, 0.2) is 18.2 Å². The van der Waals surface area contributed by atoms with Crippen molar-refractivity contribution in [2.45, 2.75) is 24.9 Å². The summed E-state index contributed by atoms with van der Waals surface area (Å²) in [5.41, 5.74) is 6.90. The van der Waals surface area contributed by atoms with Crippen LogP contribution in [0.25, 0.3) is 0 Å². The SMILES string of the molecule is Nc1cc(F)ccc1N1CCOCC1C(=O)NC1CC1. The van der Waals surface area contributed by atoms with Gasteiger partial charge in [-0.1, -0.05) is 0 Å². The molecule has 1 aliphatic heterocycles. The number of ether oxygens (including phenoxy) is 1. The van der Waals surface area contributed by atoms with Gasteiger partial charge in [-0.15, -0.1) is 0 Å². The monoisotopic (exact) mass is 279 g/mol. The molecule has 1 amide bonds. The molecule has 6 heteroatoms. The van der Waals surface area contributed by atoms with Gasteiger partial charge in [-0.05, 0) is 31.0 Å². The zero-order chi connectivity index (χ0) is 14.1. The van der Waals surface area contributed by atoms with Crippen molar-refractivity contribution < 1.29 is 13.9 Å². The highest BCUT2D eigenvalue weighted by Gasteiger charge is 2.33. The third-order valence-corrected chi connectivity index (χ3v) is 3.65. The maximum absolute atomic E-state index is 13.1. The number of nitrogens with zero attached hydrogens (tertiary/aromatic N) is 1. The van der Waals surface area contributed by atoms with Gasteiger partial charge in [0.1, 0.15) is 11.9 Å². The van der Waals surface area contributed by atoms with Gasteiger partial charge in [-0.3, -0.25) is 4.79 Å². The van der Waals surface area contributed by atoms with E-state index in [1.54, 1.807) is 6.07 Å². The van der Waals surface area contributed by atoms with Crippen LogP contribution in [0.4, 0.5) is 15.8 Å². The summed E-state index contributed by atoms with van der Waals surface area (Å²) in [6.07, 6.45) is 2.08. The minimum Gasteiger partial charge on any atom is -0.397 e. The summed E-state index contributed by atoms with van der Waals surface area (Å²) in [6, 6.07) is 4.15. The van der Waals surface area contributed by atoms with Crippen molar-refractivity contribution in [1.29, 1.82) is 0 Å². The Morgan fingerprint density at radius 3 is 2.95 bits per heavy atom. The topological polar surface area (TPSA) is 67.6 Å². The summed E-state index contributed by atoms with van der Waals surface area (Å²) in [4.78, 5) is 14.2. The first-order chi connectivity index (χ1) is 9.65. The molecule has 1 heterocycles. The first-order valence-corrected chi connectivity index (χ1v) is 6.85. The minimum absolute atomic E-state index is 0.0454. The molecule has 1 atom stereocenters. The number of anilines is 2. The number of benzene rings is 1. The molecule has 5 nitrogen and oxygen atoms in total. The van der Waals surface area contributed by atoms with Crippen molar-refractivity contribution in [2.24, 2.45) is 0 Å². The summed E-state index contributed by atoms with van der Waals surface area (Å²) in [6.45, 7) is 1.43. The van der Waals surface area contributed by atoms with Crippen molar-refractivity contribution in [1.82, 2.24) is 5.32 Å². The minimum atomic E-state index is -0.405. The number of nitrogen functional groups attached to an aromatic ring is 1. The van der Waals surface area contributed by atoms with E-state index >= 15 is 0 Å². The molecule has 3 N–H and O–H groups in total. The molecule has 108 valence electrons. The van der Waals surface area contributed by atoms with Crippen LogP contribution in [0.1, 0.15) is 12.8 Å². The van der Waals surface area contributed by atoms with Crippen LogP contribution in [0.2, 0.25) is 0 Å². The van der Waals surface area contributed by atoms with E-state index in [4.69, 9.17) is 10.5 Å². The number of nitrogens with two attached hydrogens (primary N) is 1. The van der Waals surface area contributed by atoms with Gasteiger partial charge in [0.25, 0.3) is 0 Å². The van der Waals surface area contributed by atoms with Crippen molar-refractivity contribution in [3.8, 4) is 0 Å². The maximum Gasteiger partial charge on any atom is 0.245 e. The molecule has 2 aliphatic rings. The molecule has 1 saturated carbocycles. The van der Waals surface area contributed by atoms with Gasteiger partial charge >= 0.3 is 0 Å². The van der Waals surface area contributed by atoms with Crippen molar-refractivity contribution in [3.05, 3.63) is 24.0 Å². The average Bonchev–Trinajstić information content (AvgIpc) is 3.23. The Kier molecular flexibility index (Phi) is 3.48. The summed E-state index contributed by atoms with van der Waals surface area (Å²) in [7, 11) is 0. The molecule has 3 rings (SSSR count). The summed E-state index contributed by atoms with van der Waals surface area (Å²) in [5.74, 6) is -0.422. The fourth-order valence-corrected chi connectivity index (χ4v) is 2.42. The highest BCUT2D eigenvalue weighted by atomic mass is 19.1. The number of hydrogen-bond donors (Lipinski definition) is 2. The van der Waals surface area contributed by atoms with Crippen molar-refractivity contribution in [3.63, 3.8) is 0 Å². The van der Waals surface area contributed by atoms with E-state index in [-0.39, 0.29) is 11.7 Å². The van der Waals surface area contributed by atoms with E-state index in [0.717, 1.165) is 12.8 Å². The molecule has 0 radical (unpaired) electrons. The zero-order valence-electron chi connectivity index (χ0n) is 11.1. The predicted molar refractivity (Wildman–Crippen MR) is 73.9 cm³/mol. The van der Waals surface area contributed by atoms with E-state index in [9.17, 15) is 9.18 Å². The van der Waals surface area contributed by atoms with Gasteiger partial charge in [-0.2, -0.15) is 0 Å². The van der Waals surface area contributed by atoms with Gasteiger partial charge in [-0.25, -0.2) is 4.39 Å². The van der Waals surface area contributed by atoms with Crippen LogP contribution in [0, 0.1) is 5.82 Å². The number of nitrogens with one attached hydrogen (secondary N) is 1. The Morgan fingerprint density at radius 1 is 1.45 bits per heavy atom. The van der Waals surface area contributed by atoms with E-state index in [1.807, 2.05) is 4.90 Å². The van der Waals surface area contributed by atoms with Gasteiger partial charge in [0.2, 0.25) is 5.91 Å². The Balaban J connectivity index is 1.81. The number of morpholine rings is 1. The van der Waals surface area contributed by atoms with Crippen LogP contribution in [0.3, 0.4) is 0 Å². The number of carbonyl (C=O) groups is 1. The molecule has 2 fully saturated rings. The highest BCUT2D eigenvalue weighted by Crippen LogP contribution is 2.28. The van der Waals surface area contributed by atoms with E-state index in [2.05, 4.69) is 5.32 Å². The van der Waals surface area contributed by atoms with Crippen LogP contribution in [-0.2, 0) is 9.53 Å². The number of carbonyl (C=O) groups excluding carboxylic acids is 1. The first-order valence-electron chi connectivity index (χ1n) is 6.85. The smallest absolute Gasteiger partial charge is 0.245 e. The number of halogens is 1. The van der Waals surface area contributed by atoms with Crippen LogP contribution >= 0.6 is 0 Å². The normalized spacial score (nSPS) is 22.6. The fraction of sp³-hybridized carbons (Fsp3) is 0.500. The Morgan fingerprint density at radius 2 is 2.25 bits per heavy atom. The highest BCUT2D eigenvalue weighted by molar-refractivity contribution is 5.87. The van der Waals surface area contributed by atoms with Crippen LogP contribution in [0.5, 0.6) is 0 Å². The third-order valence-electron chi connectivity index (χ3n) is 3.65. The molecular weight excluding hydrogens is 261 g/mol. The number of amides is 1. The molecule has 1 aromatic rings. The summed E-state index contributed by atoms with van der Waals surface area (Å²) < 4.78 is 18.6. The summed E-state index contributed by atoms with van der Waals surface area (Å²) in [5, 5.41) is 2.98. The molecule has 0 aromatic heterocycles. The lowest BCUT2D eigenvalue weighted by Gasteiger charge is -2.37. The Bertz CT molecular complexity index is 519. The summed E-state index contributed by atoms with van der Waals surface area (Å²) >= 11 is 0. The van der Waals surface area contributed by atoms with Gasteiger partial charge < -0.3 is 20.7 Å². The second-order valence-electron chi connectivity index (χ2n) is 5.27. The van der Waals surface area contributed by atoms with Gasteiger partial charge in [0.15, 0.2) is 0 Å². The second kappa shape index (κ2) is 5.28. The van der Waals surface area contributed by atoms with Crippen molar-refractivity contribution in [2.75, 3.05) is 30.4 Å². The second-order valence-corrected chi connectivity index (χ2v) is 5.27. The molecule has 1 saturated heterocycles. The molecule has 1 aliphatic carbocycles. The lowest BCUT2D eigenvalue weighted by atomic mass is 10.1. The van der Waals surface area contributed by atoms with Crippen LogP contribution < -0.4 is 16.0 Å². The van der Waals surface area contributed by atoms with Gasteiger partial charge in [0, 0.05) is 12.6 Å². The molecule has 0 spiro atoms. The molecule has 1 aromatic carbocycles. The molecule has 20 heavy (non-hydrogen) atoms. The van der Waals surface area contributed by atoms with E-state index in [0.29, 0.717) is 37.2 Å². The first kappa shape index (κ1) is 13.2. The van der Waals surface area contributed by atoms with Crippen molar-refractivity contribution >= 4 is 17.3 Å². The largest absolute Gasteiger partial charge is 0.397 e. The Labute approximate surface area is 116 Å². The quantitative estimate of drug-likeness (QED) is 0.806. The average molecular weight is 279 g/mol.